The first kappa shape index (κ1) is 23.6. The fourth-order valence-corrected chi connectivity index (χ4v) is 8.01. The zero-order valence-corrected chi connectivity index (χ0v) is 19.1. The predicted molar refractivity (Wildman–Crippen MR) is 121 cm³/mol. The third-order valence-electron chi connectivity index (χ3n) is 4.83. The molecule has 0 radical (unpaired) electrons. The number of ether oxygens (including phenoxy) is 2. The predicted octanol–water partition coefficient (Wildman–Crippen LogP) is 3.86. The number of benzene rings is 2. The zero-order valence-electron chi connectivity index (χ0n) is 18.1. The zero-order chi connectivity index (χ0) is 22.0. The van der Waals surface area contributed by atoms with Gasteiger partial charge in [-0.05, 0) is 28.4 Å². The van der Waals surface area contributed by atoms with Crippen molar-refractivity contribution in [2.75, 3.05) is 19.8 Å². The molecule has 5 nitrogen and oxygen atoms in total. The number of aldehydes is 1. The summed E-state index contributed by atoms with van der Waals surface area (Å²) in [6.07, 6.45) is 1.54. The third kappa shape index (κ3) is 5.68. The van der Waals surface area contributed by atoms with E-state index in [0.29, 0.717) is 5.57 Å². The molecule has 0 amide bonds. The van der Waals surface area contributed by atoms with Crippen molar-refractivity contribution in [3.8, 4) is 0 Å². The molecular weight excluding hydrogens is 396 g/mol. The van der Waals surface area contributed by atoms with Crippen LogP contribution in [0.1, 0.15) is 27.7 Å². The lowest BCUT2D eigenvalue weighted by atomic mass is 10.2. The summed E-state index contributed by atoms with van der Waals surface area (Å²) in [7, 11) is -2.73. The monoisotopic (exact) mass is 426 g/mol. The molecule has 0 N–H and O–H groups in total. The molecule has 0 bridgehead atoms. The van der Waals surface area contributed by atoms with E-state index >= 15 is 0 Å². The summed E-state index contributed by atoms with van der Waals surface area (Å²) in [6.45, 7) is 8.54. The minimum absolute atomic E-state index is 0.0446. The molecule has 0 aliphatic rings. The summed E-state index contributed by atoms with van der Waals surface area (Å²) in [5.41, 5.74) is 0.423. The molecule has 0 saturated heterocycles. The van der Waals surface area contributed by atoms with Crippen LogP contribution in [0.3, 0.4) is 0 Å². The highest BCUT2D eigenvalue weighted by molar-refractivity contribution is 6.99. The van der Waals surface area contributed by atoms with Crippen LogP contribution in [-0.4, -0.2) is 40.6 Å². The second kappa shape index (κ2) is 10.9. The minimum atomic E-state index is -2.73. The van der Waals surface area contributed by atoms with Crippen LogP contribution in [0.2, 0.25) is 5.04 Å². The van der Waals surface area contributed by atoms with Crippen molar-refractivity contribution < 1.29 is 23.5 Å². The summed E-state index contributed by atoms with van der Waals surface area (Å²) in [6, 6.07) is 20.4. The van der Waals surface area contributed by atoms with Crippen molar-refractivity contribution in [3.63, 3.8) is 0 Å². The standard InChI is InChI=1S/C24H30O5Si/c1-5-27-23(26)28-17-16-20(18-25)19-29-30(24(2,3)4,21-12-8-6-9-13-21)22-14-10-7-11-15-22/h6-16,18H,5,17,19H2,1-4H3/b20-16+. The fourth-order valence-electron chi connectivity index (χ4n) is 3.47. The van der Waals surface area contributed by atoms with Crippen LogP contribution in [0.15, 0.2) is 72.3 Å². The summed E-state index contributed by atoms with van der Waals surface area (Å²) < 4.78 is 16.4. The number of rotatable bonds is 9. The SMILES string of the molecule is CCOC(=O)OC/C=C(\C=O)CO[Si](c1ccccc1)(c1ccccc1)C(C)(C)C. The van der Waals surface area contributed by atoms with Crippen LogP contribution < -0.4 is 10.4 Å². The summed E-state index contributed by atoms with van der Waals surface area (Å²) in [5.74, 6) is 0. The lowest BCUT2D eigenvalue weighted by Crippen LogP contribution is -2.66. The molecule has 0 fully saturated rings. The highest BCUT2D eigenvalue weighted by Crippen LogP contribution is 2.36. The van der Waals surface area contributed by atoms with Gasteiger partial charge in [-0.3, -0.25) is 4.79 Å². The summed E-state index contributed by atoms with van der Waals surface area (Å²) in [5, 5.41) is 2.08. The van der Waals surface area contributed by atoms with Crippen molar-refractivity contribution in [1.82, 2.24) is 0 Å². The van der Waals surface area contributed by atoms with Gasteiger partial charge in [0.25, 0.3) is 8.32 Å². The van der Waals surface area contributed by atoms with Gasteiger partial charge >= 0.3 is 6.16 Å². The summed E-state index contributed by atoms with van der Waals surface area (Å²) in [4.78, 5) is 23.0. The van der Waals surface area contributed by atoms with E-state index in [-0.39, 0.29) is 24.9 Å². The van der Waals surface area contributed by atoms with Gasteiger partial charge in [0.05, 0.1) is 13.2 Å². The van der Waals surface area contributed by atoms with Gasteiger partial charge < -0.3 is 13.9 Å². The lowest BCUT2D eigenvalue weighted by Gasteiger charge is -2.43. The molecule has 0 aliphatic heterocycles. The van der Waals surface area contributed by atoms with E-state index in [1.807, 2.05) is 36.4 Å². The topological polar surface area (TPSA) is 61.8 Å². The Morgan fingerprint density at radius 2 is 1.47 bits per heavy atom. The number of carbonyl (C=O) groups excluding carboxylic acids is 2. The smallest absolute Gasteiger partial charge is 0.435 e. The van der Waals surface area contributed by atoms with Crippen molar-refractivity contribution in [1.29, 1.82) is 0 Å². The molecule has 6 heteroatoms. The molecule has 0 spiro atoms. The van der Waals surface area contributed by atoms with Gasteiger partial charge in [-0.1, -0.05) is 81.4 Å². The van der Waals surface area contributed by atoms with E-state index in [1.165, 1.54) is 0 Å². The molecule has 0 saturated carbocycles. The Balaban J connectivity index is 2.36. The molecule has 2 aromatic rings. The highest BCUT2D eigenvalue weighted by Gasteiger charge is 2.50. The molecular formula is C24H30O5Si. The van der Waals surface area contributed by atoms with E-state index < -0.39 is 14.5 Å². The Morgan fingerprint density at radius 3 is 1.90 bits per heavy atom. The Morgan fingerprint density at radius 1 is 0.933 bits per heavy atom. The number of hydrogen-bond acceptors (Lipinski definition) is 5. The Bertz CT molecular complexity index is 801. The van der Waals surface area contributed by atoms with Crippen LogP contribution in [0.4, 0.5) is 4.79 Å². The van der Waals surface area contributed by atoms with Crippen LogP contribution in [0.25, 0.3) is 0 Å². The molecule has 2 rings (SSSR count). The third-order valence-corrected chi connectivity index (χ3v) is 9.81. The van der Waals surface area contributed by atoms with E-state index in [2.05, 4.69) is 45.0 Å². The van der Waals surface area contributed by atoms with Gasteiger partial charge in [-0.25, -0.2) is 4.79 Å². The van der Waals surface area contributed by atoms with Crippen molar-refractivity contribution in [3.05, 3.63) is 72.3 Å². The second-order valence-corrected chi connectivity index (χ2v) is 12.1. The van der Waals surface area contributed by atoms with E-state index in [1.54, 1.807) is 13.0 Å². The highest BCUT2D eigenvalue weighted by atomic mass is 28.4. The van der Waals surface area contributed by atoms with E-state index in [0.717, 1.165) is 16.7 Å². The fraction of sp³-hybridized carbons (Fsp3) is 0.333. The van der Waals surface area contributed by atoms with Crippen LogP contribution >= 0.6 is 0 Å². The molecule has 0 unspecified atom stereocenters. The first-order valence-electron chi connectivity index (χ1n) is 10.0. The molecule has 0 heterocycles. The first-order valence-corrected chi connectivity index (χ1v) is 11.9. The Kier molecular flexibility index (Phi) is 8.56. The van der Waals surface area contributed by atoms with Gasteiger partial charge in [-0.15, -0.1) is 0 Å². The number of carbonyl (C=O) groups is 2. The maximum Gasteiger partial charge on any atom is 0.508 e. The Hall–Kier alpha value is -2.70. The van der Waals surface area contributed by atoms with Gasteiger partial charge in [0.1, 0.15) is 12.9 Å². The molecule has 0 atom stereocenters. The maximum absolute atomic E-state index is 11.6. The molecule has 0 aliphatic carbocycles. The Labute approximate surface area is 179 Å². The molecule has 2 aromatic carbocycles. The van der Waals surface area contributed by atoms with Crippen LogP contribution in [0, 0.1) is 0 Å². The molecule has 160 valence electrons. The van der Waals surface area contributed by atoms with Crippen LogP contribution in [0.5, 0.6) is 0 Å². The summed E-state index contributed by atoms with van der Waals surface area (Å²) >= 11 is 0. The average Bonchev–Trinajstić information content (AvgIpc) is 2.73. The first-order chi connectivity index (χ1) is 14.3. The largest absolute Gasteiger partial charge is 0.508 e. The average molecular weight is 427 g/mol. The normalized spacial score (nSPS) is 12.3. The lowest BCUT2D eigenvalue weighted by molar-refractivity contribution is -0.105. The van der Waals surface area contributed by atoms with Gasteiger partial charge in [0.2, 0.25) is 0 Å². The van der Waals surface area contributed by atoms with Crippen LogP contribution in [-0.2, 0) is 18.7 Å². The quantitative estimate of drug-likeness (QED) is 0.264. The van der Waals surface area contributed by atoms with Crippen molar-refractivity contribution in [2.24, 2.45) is 0 Å². The molecule has 30 heavy (non-hydrogen) atoms. The van der Waals surface area contributed by atoms with Crippen molar-refractivity contribution in [2.45, 2.75) is 32.7 Å². The van der Waals surface area contributed by atoms with Gasteiger partial charge in [-0.2, -0.15) is 0 Å². The maximum atomic E-state index is 11.6. The van der Waals surface area contributed by atoms with Gasteiger partial charge in [0.15, 0.2) is 0 Å². The van der Waals surface area contributed by atoms with Gasteiger partial charge in [0, 0.05) is 5.57 Å². The van der Waals surface area contributed by atoms with E-state index in [9.17, 15) is 9.59 Å². The minimum Gasteiger partial charge on any atom is -0.435 e. The van der Waals surface area contributed by atoms with Crippen molar-refractivity contribution >= 4 is 31.1 Å². The second-order valence-electron chi connectivity index (χ2n) is 7.84. The molecule has 0 aromatic heterocycles. The number of hydrogen-bond donors (Lipinski definition) is 0. The van der Waals surface area contributed by atoms with E-state index in [4.69, 9.17) is 13.9 Å².